The van der Waals surface area contributed by atoms with E-state index in [1.54, 1.807) is 0 Å². The largest absolute Gasteiger partial charge is 0.464 e. The van der Waals surface area contributed by atoms with Crippen molar-refractivity contribution in [3.63, 3.8) is 0 Å². The van der Waals surface area contributed by atoms with Crippen molar-refractivity contribution in [3.8, 4) is 0 Å². The molecule has 0 fully saturated rings. The van der Waals surface area contributed by atoms with E-state index in [2.05, 4.69) is 44.6 Å². The third-order valence-electron chi connectivity index (χ3n) is 4.21. The van der Waals surface area contributed by atoms with E-state index in [-0.39, 0.29) is 11.1 Å². The van der Waals surface area contributed by atoms with E-state index in [1.807, 2.05) is 35.8 Å². The first kappa shape index (κ1) is 20.0. The summed E-state index contributed by atoms with van der Waals surface area (Å²) in [5, 5.41) is 11.3. The molecule has 0 spiro atoms. The van der Waals surface area contributed by atoms with Gasteiger partial charge in [-0.2, -0.15) is 0 Å². The average Bonchev–Trinajstić information content (AvgIpc) is 2.49. The second-order valence-corrected chi connectivity index (χ2v) is 11.9. The number of hydrogen-bond acceptors (Lipinski definition) is 3. The number of benzene rings is 1. The van der Waals surface area contributed by atoms with Crippen LogP contribution in [0.5, 0.6) is 0 Å². The molecule has 0 bridgehead atoms. The maximum Gasteiger partial charge on any atom is 0.423 e. The zero-order valence-electron chi connectivity index (χ0n) is 14.8. The topological polar surface area (TPSA) is 99.7 Å². The first-order valence-electron chi connectivity index (χ1n) is 7.77. The average molecular weight is 353 g/mol. The lowest BCUT2D eigenvalue weighted by Gasteiger charge is -2.37. The minimum Gasteiger partial charge on any atom is -0.464 e. The number of amides is 3. The molecule has 1 atom stereocenters. The molecule has 0 saturated carbocycles. The Hall–Kier alpha value is -2.06. The summed E-state index contributed by atoms with van der Waals surface area (Å²) in [4.78, 5) is 22.3. The van der Waals surface area contributed by atoms with Crippen LogP contribution in [0.1, 0.15) is 32.4 Å². The van der Waals surface area contributed by atoms with E-state index in [4.69, 9.17) is 9.53 Å². The second-order valence-electron chi connectivity index (χ2n) is 7.06. The molecule has 0 unspecified atom stereocenters. The van der Waals surface area contributed by atoms with Crippen LogP contribution in [-0.4, -0.2) is 32.2 Å². The molecule has 0 heterocycles. The Kier molecular flexibility index (Phi) is 6.79. The fraction of sp³-hybridized carbons (Fsp3) is 0.500. The molecule has 8 heteroatoms. The summed E-state index contributed by atoms with van der Waals surface area (Å²) in [6.07, 6.45) is -1.33. The van der Waals surface area contributed by atoms with Crippen LogP contribution in [0, 0.1) is 0 Å². The predicted molar refractivity (Wildman–Crippen MR) is 95.2 cm³/mol. The van der Waals surface area contributed by atoms with Gasteiger partial charge < -0.3 is 14.8 Å². The molecule has 1 aromatic rings. The van der Waals surface area contributed by atoms with E-state index in [1.165, 1.54) is 0 Å². The molecule has 0 saturated heterocycles. The minimum atomic E-state index is -1.97. The number of rotatable bonds is 5. The Bertz CT molecular complexity index is 558. The predicted octanol–water partition coefficient (Wildman–Crippen LogP) is 3.23. The first-order chi connectivity index (χ1) is 11.0. The lowest BCUT2D eigenvalue weighted by molar-refractivity contribution is 0.184. The van der Waals surface area contributed by atoms with Gasteiger partial charge in [-0.1, -0.05) is 51.1 Å². The first-order valence-corrected chi connectivity index (χ1v) is 10.7. The molecule has 4 N–H and O–H groups in total. The van der Waals surface area contributed by atoms with Crippen LogP contribution in [0.3, 0.4) is 0 Å². The normalized spacial score (nSPS) is 13.0. The second kappa shape index (κ2) is 8.16. The zero-order valence-corrected chi connectivity index (χ0v) is 15.8. The van der Waals surface area contributed by atoms with E-state index < -0.39 is 20.4 Å². The Morgan fingerprint density at radius 1 is 1.17 bits per heavy atom. The summed E-state index contributed by atoms with van der Waals surface area (Å²) in [5.74, 6) is 0. The van der Waals surface area contributed by atoms with E-state index >= 15 is 0 Å². The van der Waals surface area contributed by atoms with Crippen LogP contribution in [0.2, 0.25) is 18.1 Å². The molecule has 24 heavy (non-hydrogen) atoms. The van der Waals surface area contributed by atoms with Crippen molar-refractivity contribution in [3.05, 3.63) is 35.9 Å². The fourth-order valence-electron chi connectivity index (χ4n) is 1.72. The SMILES string of the molecule is CC(C)(C)[Si](C)(C)OC[C@H](NC(=O)NNC(=O)O)c1ccccc1. The van der Waals surface area contributed by atoms with Gasteiger partial charge in [0.2, 0.25) is 0 Å². The highest BCUT2D eigenvalue weighted by Crippen LogP contribution is 2.37. The van der Waals surface area contributed by atoms with Crippen molar-refractivity contribution in [2.75, 3.05) is 6.61 Å². The van der Waals surface area contributed by atoms with E-state index in [0.717, 1.165) is 5.56 Å². The highest BCUT2D eigenvalue weighted by molar-refractivity contribution is 6.74. The van der Waals surface area contributed by atoms with Crippen LogP contribution in [-0.2, 0) is 4.43 Å². The maximum absolute atomic E-state index is 11.9. The van der Waals surface area contributed by atoms with E-state index in [9.17, 15) is 9.59 Å². The number of carboxylic acid groups (broad SMARTS) is 1. The molecule has 1 rings (SSSR count). The number of nitrogens with one attached hydrogen (secondary N) is 3. The van der Waals surface area contributed by atoms with Gasteiger partial charge in [-0.05, 0) is 23.7 Å². The quantitative estimate of drug-likeness (QED) is 0.482. The van der Waals surface area contributed by atoms with Gasteiger partial charge in [0.1, 0.15) is 0 Å². The molecular weight excluding hydrogens is 326 g/mol. The van der Waals surface area contributed by atoms with Crippen molar-refractivity contribution < 1.29 is 19.1 Å². The van der Waals surface area contributed by atoms with Crippen molar-refractivity contribution >= 4 is 20.4 Å². The van der Waals surface area contributed by atoms with Gasteiger partial charge >= 0.3 is 12.1 Å². The van der Waals surface area contributed by atoms with Crippen molar-refractivity contribution in [2.45, 2.75) is 44.9 Å². The van der Waals surface area contributed by atoms with Crippen molar-refractivity contribution in [1.29, 1.82) is 0 Å². The smallest absolute Gasteiger partial charge is 0.423 e. The molecule has 1 aromatic carbocycles. The summed E-state index contributed by atoms with van der Waals surface area (Å²) < 4.78 is 6.20. The third-order valence-corrected chi connectivity index (χ3v) is 8.71. The Labute approximate surface area is 143 Å². The molecule has 3 amide bonds. The Morgan fingerprint density at radius 3 is 2.25 bits per heavy atom. The molecule has 0 aromatic heterocycles. The summed E-state index contributed by atoms with van der Waals surface area (Å²) >= 11 is 0. The molecule has 0 aliphatic heterocycles. The molecular formula is C16H27N3O4Si. The monoisotopic (exact) mass is 353 g/mol. The van der Waals surface area contributed by atoms with Gasteiger partial charge in [0, 0.05) is 0 Å². The molecule has 7 nitrogen and oxygen atoms in total. The lowest BCUT2D eigenvalue weighted by Crippen LogP contribution is -2.49. The van der Waals surface area contributed by atoms with Crippen LogP contribution in [0.4, 0.5) is 9.59 Å². The van der Waals surface area contributed by atoms with Crippen LogP contribution in [0.15, 0.2) is 30.3 Å². The van der Waals surface area contributed by atoms with Gasteiger partial charge in [0.05, 0.1) is 12.6 Å². The Morgan fingerprint density at radius 2 is 1.75 bits per heavy atom. The van der Waals surface area contributed by atoms with Crippen LogP contribution < -0.4 is 16.2 Å². The van der Waals surface area contributed by atoms with Crippen molar-refractivity contribution in [2.24, 2.45) is 0 Å². The van der Waals surface area contributed by atoms with Gasteiger partial charge in [-0.15, -0.1) is 0 Å². The zero-order chi connectivity index (χ0) is 18.4. The Balaban J connectivity index is 2.80. The minimum absolute atomic E-state index is 0.0569. The van der Waals surface area contributed by atoms with Gasteiger partial charge in [-0.3, -0.25) is 0 Å². The number of urea groups is 1. The number of hydrogen-bond donors (Lipinski definition) is 4. The molecule has 0 aliphatic rings. The summed E-state index contributed by atoms with van der Waals surface area (Å²) in [5.41, 5.74) is 4.78. The maximum atomic E-state index is 11.9. The molecule has 0 aliphatic carbocycles. The lowest BCUT2D eigenvalue weighted by atomic mass is 10.1. The number of hydrazine groups is 1. The van der Waals surface area contributed by atoms with Gasteiger partial charge in [0.25, 0.3) is 0 Å². The van der Waals surface area contributed by atoms with Crippen LogP contribution >= 0.6 is 0 Å². The number of carbonyl (C=O) groups excluding carboxylic acids is 1. The van der Waals surface area contributed by atoms with Gasteiger partial charge in [0.15, 0.2) is 8.32 Å². The fourth-order valence-corrected chi connectivity index (χ4v) is 2.74. The van der Waals surface area contributed by atoms with E-state index in [0.29, 0.717) is 6.61 Å². The highest BCUT2D eigenvalue weighted by Gasteiger charge is 2.37. The molecule has 134 valence electrons. The summed E-state index contributed by atoms with van der Waals surface area (Å²) in [6.45, 7) is 11.0. The summed E-state index contributed by atoms with van der Waals surface area (Å²) in [7, 11) is -1.97. The summed E-state index contributed by atoms with van der Waals surface area (Å²) in [6, 6.07) is 8.42. The number of carbonyl (C=O) groups is 2. The van der Waals surface area contributed by atoms with Crippen LogP contribution in [0.25, 0.3) is 0 Å². The highest BCUT2D eigenvalue weighted by atomic mass is 28.4. The molecule has 0 radical (unpaired) electrons. The van der Waals surface area contributed by atoms with Crippen molar-refractivity contribution in [1.82, 2.24) is 16.2 Å². The third kappa shape index (κ3) is 6.21. The van der Waals surface area contributed by atoms with Gasteiger partial charge in [-0.25, -0.2) is 20.4 Å². The standard InChI is InChI=1S/C16H27N3O4Si/c1-16(2,3)24(4,5)23-11-13(12-9-7-6-8-10-12)17-14(20)18-19-15(21)22/h6-10,13,19H,11H2,1-5H3,(H,21,22)(H2,17,18,20)/t13-/m0/s1.